The molecule has 2 aromatic carbocycles. The maximum atomic E-state index is 12.5. The number of imidazole rings is 1. The van der Waals surface area contributed by atoms with Crippen molar-refractivity contribution < 1.29 is 13.2 Å². The summed E-state index contributed by atoms with van der Waals surface area (Å²) in [5, 5.41) is 2.43. The summed E-state index contributed by atoms with van der Waals surface area (Å²) in [6.45, 7) is 5.33. The molecule has 4 rings (SSSR count). The number of sulfone groups is 1. The molecule has 2 heterocycles. The first-order valence-electron chi connectivity index (χ1n) is 10.4. The molecular weight excluding hydrogens is 422 g/mol. The molecule has 0 aliphatic carbocycles. The van der Waals surface area contributed by atoms with Gasteiger partial charge in [0.05, 0.1) is 22.3 Å². The molecule has 0 saturated carbocycles. The smallest absolute Gasteiger partial charge is 0.228 e. The molecule has 2 aromatic heterocycles. The Hall–Kier alpha value is -3.45. The maximum Gasteiger partial charge on any atom is 0.228 e. The fraction of sp³-hybridized carbons (Fsp3) is 0.200. The van der Waals surface area contributed by atoms with Crippen LogP contribution in [0.2, 0.25) is 0 Å². The summed E-state index contributed by atoms with van der Waals surface area (Å²) in [6.07, 6.45) is 4.09. The van der Waals surface area contributed by atoms with Crippen LogP contribution in [-0.4, -0.2) is 29.0 Å². The van der Waals surface area contributed by atoms with Gasteiger partial charge in [-0.1, -0.05) is 24.3 Å². The maximum absolute atomic E-state index is 12.5. The molecule has 164 valence electrons. The average Bonchev–Trinajstić information content (AvgIpc) is 3.17. The molecule has 7 heteroatoms. The molecule has 4 aromatic rings. The van der Waals surface area contributed by atoms with Crippen LogP contribution in [0.15, 0.2) is 78.0 Å². The number of hydrogen-bond acceptors (Lipinski definition) is 4. The predicted molar refractivity (Wildman–Crippen MR) is 126 cm³/mol. The highest BCUT2D eigenvalue weighted by atomic mass is 32.2. The van der Waals surface area contributed by atoms with Crippen molar-refractivity contribution in [2.75, 3.05) is 5.32 Å². The van der Waals surface area contributed by atoms with E-state index in [0.29, 0.717) is 5.69 Å². The number of hydrogen-bond donors (Lipinski definition) is 1. The number of anilines is 1. The number of pyridine rings is 1. The minimum absolute atomic E-state index is 0.153. The van der Waals surface area contributed by atoms with E-state index in [1.807, 2.05) is 60.1 Å². The minimum Gasteiger partial charge on any atom is -0.326 e. The van der Waals surface area contributed by atoms with Gasteiger partial charge in [0.25, 0.3) is 0 Å². The first-order chi connectivity index (χ1) is 15.2. The van der Waals surface area contributed by atoms with E-state index < -0.39 is 15.1 Å². The molecule has 0 saturated heterocycles. The second-order valence-corrected chi connectivity index (χ2v) is 10.6. The van der Waals surface area contributed by atoms with E-state index in [9.17, 15) is 13.2 Å². The van der Waals surface area contributed by atoms with Gasteiger partial charge in [0.15, 0.2) is 9.84 Å². The van der Waals surface area contributed by atoms with Crippen molar-refractivity contribution in [1.29, 1.82) is 0 Å². The van der Waals surface area contributed by atoms with Crippen molar-refractivity contribution in [3.05, 3.63) is 84.2 Å². The Morgan fingerprint density at radius 2 is 1.81 bits per heavy atom. The van der Waals surface area contributed by atoms with Crippen LogP contribution < -0.4 is 5.32 Å². The normalized spacial score (nSPS) is 11.8. The van der Waals surface area contributed by atoms with Gasteiger partial charge in [-0.3, -0.25) is 4.79 Å². The monoisotopic (exact) mass is 447 g/mol. The van der Waals surface area contributed by atoms with Gasteiger partial charge in [0.1, 0.15) is 5.65 Å². The van der Waals surface area contributed by atoms with Gasteiger partial charge < -0.3 is 9.72 Å². The van der Waals surface area contributed by atoms with Gasteiger partial charge >= 0.3 is 0 Å². The zero-order valence-corrected chi connectivity index (χ0v) is 19.1. The van der Waals surface area contributed by atoms with Crippen LogP contribution in [0.5, 0.6) is 0 Å². The standard InChI is InChI=1S/C25H25N3O3S/c1-17(2)32(30,31)22-9-7-19(8-10-22)14-25(29)26-21-6-4-5-20(15-21)23-16-28-12-11-18(3)13-24(28)27-23/h4-13,15-17H,14H2,1-3H3,(H,26,29). The number of rotatable bonds is 6. The quantitative estimate of drug-likeness (QED) is 0.466. The summed E-state index contributed by atoms with van der Waals surface area (Å²) in [4.78, 5) is 17.5. The van der Waals surface area contributed by atoms with E-state index in [-0.39, 0.29) is 17.2 Å². The second kappa shape index (κ2) is 8.59. The zero-order chi connectivity index (χ0) is 22.9. The SMILES string of the molecule is Cc1ccn2cc(-c3cccc(NC(=O)Cc4ccc(S(=O)(=O)C(C)C)cc4)c3)nc2c1. The first-order valence-corrected chi connectivity index (χ1v) is 12.0. The molecule has 6 nitrogen and oxygen atoms in total. The van der Waals surface area contributed by atoms with E-state index in [1.54, 1.807) is 38.1 Å². The number of aryl methyl sites for hydroxylation is 1. The fourth-order valence-electron chi connectivity index (χ4n) is 3.44. The summed E-state index contributed by atoms with van der Waals surface area (Å²) in [5.41, 5.74) is 5.18. The number of amides is 1. The number of carbonyl (C=O) groups is 1. The third-order valence-electron chi connectivity index (χ3n) is 5.29. The highest BCUT2D eigenvalue weighted by Gasteiger charge is 2.19. The van der Waals surface area contributed by atoms with Crippen LogP contribution in [-0.2, 0) is 21.1 Å². The number of nitrogens with one attached hydrogen (secondary N) is 1. The van der Waals surface area contributed by atoms with Crippen molar-refractivity contribution in [2.24, 2.45) is 0 Å². The summed E-state index contributed by atoms with van der Waals surface area (Å²) in [7, 11) is -3.32. The van der Waals surface area contributed by atoms with E-state index in [4.69, 9.17) is 0 Å². The molecule has 32 heavy (non-hydrogen) atoms. The van der Waals surface area contributed by atoms with Crippen LogP contribution in [0.3, 0.4) is 0 Å². The highest BCUT2D eigenvalue weighted by molar-refractivity contribution is 7.92. The lowest BCUT2D eigenvalue weighted by molar-refractivity contribution is -0.115. The van der Waals surface area contributed by atoms with Crippen LogP contribution in [0.25, 0.3) is 16.9 Å². The summed E-state index contributed by atoms with van der Waals surface area (Å²) in [6, 6.07) is 18.1. The molecule has 0 fully saturated rings. The number of carbonyl (C=O) groups excluding carboxylic acids is 1. The number of benzene rings is 2. The highest BCUT2D eigenvalue weighted by Crippen LogP contribution is 2.23. The Morgan fingerprint density at radius 3 is 2.53 bits per heavy atom. The Bertz CT molecular complexity index is 1390. The molecule has 0 atom stereocenters. The first kappa shape index (κ1) is 21.8. The lowest BCUT2D eigenvalue weighted by atomic mass is 10.1. The Morgan fingerprint density at radius 1 is 1.06 bits per heavy atom. The molecule has 0 aliphatic heterocycles. The summed E-state index contributed by atoms with van der Waals surface area (Å²) < 4.78 is 26.5. The van der Waals surface area contributed by atoms with E-state index >= 15 is 0 Å². The van der Waals surface area contributed by atoms with Gasteiger partial charge in [0, 0.05) is 23.6 Å². The molecule has 0 bridgehead atoms. The molecule has 1 amide bonds. The fourth-order valence-corrected chi connectivity index (χ4v) is 4.50. The van der Waals surface area contributed by atoms with Crippen molar-refractivity contribution in [1.82, 2.24) is 9.38 Å². The minimum atomic E-state index is -3.32. The van der Waals surface area contributed by atoms with Crippen molar-refractivity contribution >= 4 is 27.1 Å². The third kappa shape index (κ3) is 4.57. The van der Waals surface area contributed by atoms with Crippen molar-refractivity contribution in [3.63, 3.8) is 0 Å². The van der Waals surface area contributed by atoms with E-state index in [2.05, 4.69) is 10.3 Å². The van der Waals surface area contributed by atoms with Gasteiger partial charge in [-0.15, -0.1) is 0 Å². The van der Waals surface area contributed by atoms with Crippen molar-refractivity contribution in [3.8, 4) is 11.3 Å². The molecule has 0 spiro atoms. The number of nitrogens with zero attached hydrogens (tertiary/aromatic N) is 2. The third-order valence-corrected chi connectivity index (χ3v) is 7.47. The largest absolute Gasteiger partial charge is 0.326 e. The summed E-state index contributed by atoms with van der Waals surface area (Å²) >= 11 is 0. The van der Waals surface area contributed by atoms with Gasteiger partial charge in [-0.2, -0.15) is 0 Å². The Balaban J connectivity index is 1.47. The van der Waals surface area contributed by atoms with Crippen LogP contribution in [0, 0.1) is 6.92 Å². The number of fused-ring (bicyclic) bond motifs is 1. The average molecular weight is 448 g/mol. The topological polar surface area (TPSA) is 80.5 Å². The van der Waals surface area contributed by atoms with E-state index in [0.717, 1.165) is 28.0 Å². The molecule has 1 N–H and O–H groups in total. The predicted octanol–water partition coefficient (Wildman–Crippen LogP) is 4.67. The lowest BCUT2D eigenvalue weighted by Gasteiger charge is -2.09. The van der Waals surface area contributed by atoms with E-state index in [1.165, 1.54) is 0 Å². The second-order valence-electron chi connectivity index (χ2n) is 8.14. The molecule has 0 unspecified atom stereocenters. The molecule has 0 radical (unpaired) electrons. The van der Waals surface area contributed by atoms with Gasteiger partial charge in [0.2, 0.25) is 5.91 Å². The Labute approximate surface area is 187 Å². The summed E-state index contributed by atoms with van der Waals surface area (Å²) in [5.74, 6) is -0.174. The lowest BCUT2D eigenvalue weighted by Crippen LogP contribution is -2.15. The Kier molecular flexibility index (Phi) is 5.84. The van der Waals surface area contributed by atoms with Gasteiger partial charge in [-0.25, -0.2) is 13.4 Å². The molecular formula is C25H25N3O3S. The van der Waals surface area contributed by atoms with Crippen LogP contribution in [0.1, 0.15) is 25.0 Å². The van der Waals surface area contributed by atoms with Crippen molar-refractivity contribution in [2.45, 2.75) is 37.3 Å². The number of aromatic nitrogens is 2. The van der Waals surface area contributed by atoms with Gasteiger partial charge in [-0.05, 0) is 68.3 Å². The zero-order valence-electron chi connectivity index (χ0n) is 18.2. The molecule has 0 aliphatic rings. The van der Waals surface area contributed by atoms with Crippen LogP contribution >= 0.6 is 0 Å². The van der Waals surface area contributed by atoms with Crippen LogP contribution in [0.4, 0.5) is 5.69 Å².